The molecule has 0 aliphatic heterocycles. The van der Waals surface area contributed by atoms with Crippen LogP contribution in [-0.2, 0) is 24.3 Å². The second-order valence-corrected chi connectivity index (χ2v) is 6.54. The monoisotopic (exact) mass is 396 g/mol. The smallest absolute Gasteiger partial charge is 0.261 e. The average Bonchev–Trinajstić information content (AvgIpc) is 3.20. The minimum Gasteiger partial charge on any atom is -0.496 e. The Kier molecular flexibility index (Phi) is 6.43. The highest BCUT2D eigenvalue weighted by Gasteiger charge is 2.15. The number of para-hydroxylation sites is 1. The van der Waals surface area contributed by atoms with Crippen molar-refractivity contribution in [2.45, 2.75) is 39.8 Å². The van der Waals surface area contributed by atoms with Crippen LogP contribution in [0.2, 0.25) is 0 Å². The Morgan fingerprint density at radius 3 is 2.79 bits per heavy atom. The molecule has 1 amide bonds. The molecule has 0 saturated heterocycles. The first kappa shape index (κ1) is 20.3. The Bertz CT molecular complexity index is 1050. The van der Waals surface area contributed by atoms with Gasteiger partial charge in [0.2, 0.25) is 17.6 Å². The molecule has 1 N–H and O–H groups in total. The molecule has 0 bridgehead atoms. The van der Waals surface area contributed by atoms with Crippen LogP contribution < -0.4 is 15.6 Å². The summed E-state index contributed by atoms with van der Waals surface area (Å²) in [7, 11) is 1.59. The number of rotatable bonds is 8. The molecule has 3 rings (SSSR count). The Balaban J connectivity index is 1.60. The second-order valence-electron chi connectivity index (χ2n) is 6.54. The van der Waals surface area contributed by atoms with Crippen LogP contribution in [0.15, 0.2) is 45.7 Å². The zero-order valence-electron chi connectivity index (χ0n) is 16.8. The van der Waals surface area contributed by atoms with Crippen LogP contribution in [0.5, 0.6) is 5.75 Å². The van der Waals surface area contributed by atoms with Gasteiger partial charge in [-0.15, -0.1) is 0 Å². The van der Waals surface area contributed by atoms with Crippen LogP contribution in [0.3, 0.4) is 0 Å². The predicted molar refractivity (Wildman–Crippen MR) is 108 cm³/mol. The van der Waals surface area contributed by atoms with E-state index >= 15 is 0 Å². The molecule has 29 heavy (non-hydrogen) atoms. The Morgan fingerprint density at radius 1 is 1.24 bits per heavy atom. The number of nitrogens with zero attached hydrogens (tertiary/aromatic N) is 3. The number of aryl methyl sites for hydroxylation is 2. The molecule has 152 valence electrons. The molecule has 0 saturated carbocycles. The summed E-state index contributed by atoms with van der Waals surface area (Å²) >= 11 is 0. The summed E-state index contributed by atoms with van der Waals surface area (Å²) < 4.78 is 12.1. The zero-order chi connectivity index (χ0) is 20.8. The van der Waals surface area contributed by atoms with E-state index in [0.717, 1.165) is 17.0 Å². The predicted octanol–water partition coefficient (Wildman–Crippen LogP) is 2.48. The zero-order valence-corrected chi connectivity index (χ0v) is 16.8. The normalized spacial score (nSPS) is 10.7. The molecule has 0 aliphatic rings. The SMILES string of the molecule is CCn1c(C)ccc(-c2noc(CCC(=O)NCc3ccccc3OC)n2)c1=O. The average molecular weight is 396 g/mol. The number of benzene rings is 1. The highest BCUT2D eigenvalue weighted by Crippen LogP contribution is 2.17. The summed E-state index contributed by atoms with van der Waals surface area (Å²) in [4.78, 5) is 29.0. The van der Waals surface area contributed by atoms with Crippen molar-refractivity contribution >= 4 is 5.91 Å². The molecule has 0 fully saturated rings. The quantitative estimate of drug-likeness (QED) is 0.628. The summed E-state index contributed by atoms with van der Waals surface area (Å²) in [5.41, 5.74) is 1.99. The second kappa shape index (κ2) is 9.18. The van der Waals surface area contributed by atoms with Gasteiger partial charge in [-0.05, 0) is 32.0 Å². The van der Waals surface area contributed by atoms with Crippen molar-refractivity contribution in [3.63, 3.8) is 0 Å². The Morgan fingerprint density at radius 2 is 2.03 bits per heavy atom. The number of hydrogen-bond acceptors (Lipinski definition) is 6. The topological polar surface area (TPSA) is 99.2 Å². The summed E-state index contributed by atoms with van der Waals surface area (Å²) in [6, 6.07) is 11.1. The van der Waals surface area contributed by atoms with E-state index in [1.54, 1.807) is 17.7 Å². The van der Waals surface area contributed by atoms with Crippen LogP contribution in [0.4, 0.5) is 0 Å². The molecule has 0 atom stereocenters. The molecule has 2 heterocycles. The summed E-state index contributed by atoms with van der Waals surface area (Å²) in [6.45, 7) is 4.72. The molecule has 8 heteroatoms. The highest BCUT2D eigenvalue weighted by atomic mass is 16.5. The first-order valence-electron chi connectivity index (χ1n) is 9.45. The molecule has 0 unspecified atom stereocenters. The van der Waals surface area contributed by atoms with Gasteiger partial charge in [0.05, 0.1) is 12.7 Å². The van der Waals surface area contributed by atoms with Crippen molar-refractivity contribution < 1.29 is 14.1 Å². The summed E-state index contributed by atoms with van der Waals surface area (Å²) in [5, 5.41) is 6.75. The van der Waals surface area contributed by atoms with Gasteiger partial charge in [-0.2, -0.15) is 4.98 Å². The third kappa shape index (κ3) is 4.71. The number of aromatic nitrogens is 3. The lowest BCUT2D eigenvalue weighted by atomic mass is 10.2. The van der Waals surface area contributed by atoms with Crippen molar-refractivity contribution in [1.82, 2.24) is 20.0 Å². The largest absolute Gasteiger partial charge is 0.496 e. The van der Waals surface area contributed by atoms with E-state index < -0.39 is 0 Å². The molecule has 8 nitrogen and oxygen atoms in total. The van der Waals surface area contributed by atoms with Crippen molar-refractivity contribution in [1.29, 1.82) is 0 Å². The van der Waals surface area contributed by atoms with Crippen molar-refractivity contribution in [2.24, 2.45) is 0 Å². The summed E-state index contributed by atoms with van der Waals surface area (Å²) in [5.74, 6) is 1.14. The van der Waals surface area contributed by atoms with E-state index in [2.05, 4.69) is 15.5 Å². The van der Waals surface area contributed by atoms with Gasteiger partial charge < -0.3 is 19.1 Å². The molecular formula is C21H24N4O4. The van der Waals surface area contributed by atoms with Crippen molar-refractivity contribution in [3.8, 4) is 17.1 Å². The number of nitrogens with one attached hydrogen (secondary N) is 1. The van der Waals surface area contributed by atoms with Gasteiger partial charge in [0.15, 0.2) is 0 Å². The molecule has 0 aliphatic carbocycles. The van der Waals surface area contributed by atoms with Crippen LogP contribution in [-0.4, -0.2) is 27.7 Å². The van der Waals surface area contributed by atoms with E-state index in [4.69, 9.17) is 9.26 Å². The third-order valence-electron chi connectivity index (χ3n) is 4.65. The van der Waals surface area contributed by atoms with Gasteiger partial charge in [-0.1, -0.05) is 23.4 Å². The number of methoxy groups -OCH3 is 1. The van der Waals surface area contributed by atoms with Gasteiger partial charge in [-0.3, -0.25) is 9.59 Å². The lowest BCUT2D eigenvalue weighted by molar-refractivity contribution is -0.121. The molecular weight excluding hydrogens is 372 g/mol. The van der Waals surface area contributed by atoms with Crippen molar-refractivity contribution in [2.75, 3.05) is 7.11 Å². The van der Waals surface area contributed by atoms with E-state index in [1.807, 2.05) is 44.2 Å². The van der Waals surface area contributed by atoms with Gasteiger partial charge >= 0.3 is 0 Å². The number of pyridine rings is 1. The minimum atomic E-state index is -0.158. The van der Waals surface area contributed by atoms with Gasteiger partial charge in [0.1, 0.15) is 5.75 Å². The first-order chi connectivity index (χ1) is 14.0. The lowest BCUT2D eigenvalue weighted by Crippen LogP contribution is -2.23. The summed E-state index contributed by atoms with van der Waals surface area (Å²) in [6.07, 6.45) is 0.489. The molecule has 1 aromatic carbocycles. The van der Waals surface area contributed by atoms with E-state index in [9.17, 15) is 9.59 Å². The van der Waals surface area contributed by atoms with Crippen LogP contribution in [0.1, 0.15) is 30.5 Å². The lowest BCUT2D eigenvalue weighted by Gasteiger charge is -2.09. The van der Waals surface area contributed by atoms with Crippen molar-refractivity contribution in [3.05, 3.63) is 63.9 Å². The fourth-order valence-electron chi connectivity index (χ4n) is 3.05. The maximum Gasteiger partial charge on any atom is 0.261 e. The maximum atomic E-state index is 12.5. The van der Waals surface area contributed by atoms with Gasteiger partial charge in [0.25, 0.3) is 5.56 Å². The fraction of sp³-hybridized carbons (Fsp3) is 0.333. The number of ether oxygens (including phenoxy) is 1. The van der Waals surface area contributed by atoms with E-state index in [1.165, 1.54) is 0 Å². The Hall–Kier alpha value is -3.42. The van der Waals surface area contributed by atoms with Gasteiger partial charge in [-0.25, -0.2) is 0 Å². The number of carbonyl (C=O) groups is 1. The van der Waals surface area contributed by atoms with Crippen LogP contribution in [0, 0.1) is 6.92 Å². The number of carbonyl (C=O) groups excluding carboxylic acids is 1. The molecule has 0 spiro atoms. The van der Waals surface area contributed by atoms with Gasteiger partial charge in [0, 0.05) is 37.2 Å². The number of amides is 1. The Labute approximate surface area is 168 Å². The van der Waals surface area contributed by atoms with Crippen LogP contribution >= 0.6 is 0 Å². The first-order valence-corrected chi connectivity index (χ1v) is 9.45. The molecule has 3 aromatic rings. The number of hydrogen-bond donors (Lipinski definition) is 1. The third-order valence-corrected chi connectivity index (χ3v) is 4.65. The standard InChI is InChI=1S/C21H24N4O4/c1-4-25-14(2)9-10-16(21(25)27)20-23-19(29-24-20)12-11-18(26)22-13-15-7-5-6-8-17(15)28-3/h5-10H,4,11-13H2,1-3H3,(H,22,26). The maximum absolute atomic E-state index is 12.5. The molecule has 0 radical (unpaired) electrons. The highest BCUT2D eigenvalue weighted by molar-refractivity contribution is 5.76. The van der Waals surface area contributed by atoms with E-state index in [0.29, 0.717) is 31.0 Å². The van der Waals surface area contributed by atoms with Crippen LogP contribution in [0.25, 0.3) is 11.4 Å². The minimum absolute atomic E-state index is 0.140. The van der Waals surface area contributed by atoms with E-state index in [-0.39, 0.29) is 23.7 Å². The fourth-order valence-corrected chi connectivity index (χ4v) is 3.05. The molecule has 2 aromatic heterocycles.